The van der Waals surface area contributed by atoms with Gasteiger partial charge in [0.1, 0.15) is 5.82 Å². The third-order valence-corrected chi connectivity index (χ3v) is 2.49. The molecule has 0 radical (unpaired) electrons. The van der Waals surface area contributed by atoms with Crippen LogP contribution in [0.5, 0.6) is 0 Å². The fourth-order valence-corrected chi connectivity index (χ4v) is 1.50. The number of hydrogen-bond acceptors (Lipinski definition) is 3. The first-order chi connectivity index (χ1) is 6.70. The molecule has 2 N–H and O–H groups in total. The van der Waals surface area contributed by atoms with Crippen molar-refractivity contribution in [1.29, 1.82) is 0 Å². The lowest BCUT2D eigenvalue weighted by molar-refractivity contribution is -0.137. The molecule has 1 rings (SSSR count). The molecule has 0 unspecified atom stereocenters. The molecular formula is C9H11IN2O2. The van der Waals surface area contributed by atoms with E-state index in [9.17, 15) is 4.79 Å². The summed E-state index contributed by atoms with van der Waals surface area (Å²) in [5.74, 6) is 0.0565. The number of carboxylic acids is 1. The number of carboxylic acid groups (broad SMARTS) is 1. The van der Waals surface area contributed by atoms with Gasteiger partial charge in [-0.25, -0.2) is 4.98 Å². The molecule has 14 heavy (non-hydrogen) atoms. The Bertz CT molecular complexity index is 317. The van der Waals surface area contributed by atoms with Crippen molar-refractivity contribution in [1.82, 2.24) is 4.98 Å². The molecule has 0 aromatic carbocycles. The predicted octanol–water partition coefficient (Wildman–Crippen LogP) is 1.96. The Kier molecular flexibility index (Phi) is 4.64. The second-order valence-corrected chi connectivity index (χ2v) is 3.92. The van der Waals surface area contributed by atoms with E-state index < -0.39 is 5.97 Å². The molecule has 76 valence electrons. The average molecular weight is 306 g/mol. The Morgan fingerprint density at radius 3 is 3.07 bits per heavy atom. The van der Waals surface area contributed by atoms with E-state index >= 15 is 0 Å². The third-order valence-electron chi connectivity index (χ3n) is 1.62. The topological polar surface area (TPSA) is 62.2 Å². The van der Waals surface area contributed by atoms with Gasteiger partial charge in [-0.15, -0.1) is 0 Å². The zero-order chi connectivity index (χ0) is 10.4. The van der Waals surface area contributed by atoms with E-state index in [0.717, 1.165) is 9.39 Å². The van der Waals surface area contributed by atoms with Gasteiger partial charge in [0.25, 0.3) is 0 Å². The van der Waals surface area contributed by atoms with Gasteiger partial charge >= 0.3 is 5.97 Å². The molecule has 0 aliphatic rings. The van der Waals surface area contributed by atoms with Crippen molar-refractivity contribution in [3.8, 4) is 0 Å². The lowest BCUT2D eigenvalue weighted by Gasteiger charge is -2.05. The van der Waals surface area contributed by atoms with Gasteiger partial charge in [-0.1, -0.05) is 0 Å². The fourth-order valence-electron chi connectivity index (χ4n) is 0.962. The van der Waals surface area contributed by atoms with Gasteiger partial charge in [-0.2, -0.15) is 0 Å². The molecule has 0 amide bonds. The van der Waals surface area contributed by atoms with E-state index in [0.29, 0.717) is 13.0 Å². The highest BCUT2D eigenvalue weighted by molar-refractivity contribution is 14.1. The molecule has 0 atom stereocenters. The van der Waals surface area contributed by atoms with E-state index in [-0.39, 0.29) is 6.42 Å². The molecule has 0 spiro atoms. The van der Waals surface area contributed by atoms with E-state index in [2.05, 4.69) is 32.9 Å². The molecule has 5 heteroatoms. The van der Waals surface area contributed by atoms with Gasteiger partial charge in [0.2, 0.25) is 0 Å². The lowest BCUT2D eigenvalue weighted by atomic mass is 10.3. The van der Waals surface area contributed by atoms with E-state index in [1.54, 1.807) is 6.20 Å². The van der Waals surface area contributed by atoms with Crippen molar-refractivity contribution in [3.63, 3.8) is 0 Å². The Balaban J connectivity index is 2.31. The van der Waals surface area contributed by atoms with Crippen molar-refractivity contribution in [3.05, 3.63) is 21.9 Å². The van der Waals surface area contributed by atoms with Crippen LogP contribution < -0.4 is 5.32 Å². The summed E-state index contributed by atoms with van der Waals surface area (Å²) in [7, 11) is 0. The maximum Gasteiger partial charge on any atom is 0.303 e. The van der Waals surface area contributed by atoms with Crippen LogP contribution in [0.1, 0.15) is 12.8 Å². The largest absolute Gasteiger partial charge is 0.481 e. The van der Waals surface area contributed by atoms with Gasteiger partial charge in [0.05, 0.1) is 3.57 Å². The SMILES string of the molecule is O=C(O)CCCNc1ncccc1I. The van der Waals surface area contributed by atoms with Crippen LogP contribution in [-0.4, -0.2) is 22.6 Å². The molecular weight excluding hydrogens is 295 g/mol. The summed E-state index contributed by atoms with van der Waals surface area (Å²) in [5, 5.41) is 11.5. The maximum atomic E-state index is 10.2. The molecule has 0 saturated heterocycles. The number of nitrogens with zero attached hydrogens (tertiary/aromatic N) is 1. The summed E-state index contributed by atoms with van der Waals surface area (Å²) < 4.78 is 1.04. The van der Waals surface area contributed by atoms with Crippen LogP contribution in [-0.2, 0) is 4.79 Å². The number of anilines is 1. The summed E-state index contributed by atoms with van der Waals surface area (Å²) >= 11 is 2.18. The number of nitrogens with one attached hydrogen (secondary N) is 1. The lowest BCUT2D eigenvalue weighted by Crippen LogP contribution is -2.06. The van der Waals surface area contributed by atoms with E-state index in [1.165, 1.54) is 0 Å². The molecule has 0 bridgehead atoms. The number of carbonyl (C=O) groups is 1. The van der Waals surface area contributed by atoms with Crippen molar-refractivity contribution >= 4 is 34.4 Å². The molecule has 0 aliphatic carbocycles. The van der Waals surface area contributed by atoms with E-state index in [1.807, 2.05) is 12.1 Å². The van der Waals surface area contributed by atoms with Gasteiger partial charge < -0.3 is 10.4 Å². The first kappa shape index (κ1) is 11.2. The van der Waals surface area contributed by atoms with E-state index in [4.69, 9.17) is 5.11 Å². The summed E-state index contributed by atoms with van der Waals surface area (Å²) in [6.45, 7) is 0.638. The summed E-state index contributed by atoms with van der Waals surface area (Å²) in [5.41, 5.74) is 0. The van der Waals surface area contributed by atoms with Crippen molar-refractivity contribution in [2.45, 2.75) is 12.8 Å². The van der Waals surface area contributed by atoms with Crippen LogP contribution in [0.2, 0.25) is 0 Å². The Morgan fingerprint density at radius 1 is 1.64 bits per heavy atom. The van der Waals surface area contributed by atoms with Gasteiger partial charge in [-0.3, -0.25) is 4.79 Å². The normalized spacial score (nSPS) is 9.79. The molecule has 4 nitrogen and oxygen atoms in total. The van der Waals surface area contributed by atoms with Crippen molar-refractivity contribution < 1.29 is 9.90 Å². The number of hydrogen-bond donors (Lipinski definition) is 2. The minimum atomic E-state index is -0.762. The molecule has 1 aromatic heterocycles. The summed E-state index contributed by atoms with van der Waals surface area (Å²) in [4.78, 5) is 14.4. The first-order valence-electron chi connectivity index (χ1n) is 4.26. The molecule has 1 heterocycles. The zero-order valence-electron chi connectivity index (χ0n) is 7.53. The number of aromatic nitrogens is 1. The monoisotopic (exact) mass is 306 g/mol. The number of aliphatic carboxylic acids is 1. The van der Waals surface area contributed by atoms with Crippen LogP contribution in [0, 0.1) is 3.57 Å². The first-order valence-corrected chi connectivity index (χ1v) is 5.34. The highest BCUT2D eigenvalue weighted by Crippen LogP contribution is 2.13. The number of halogens is 1. The van der Waals surface area contributed by atoms with Gasteiger partial charge in [0.15, 0.2) is 0 Å². The van der Waals surface area contributed by atoms with Gasteiger partial charge in [-0.05, 0) is 41.1 Å². The third kappa shape index (κ3) is 3.91. The second-order valence-electron chi connectivity index (χ2n) is 2.76. The number of rotatable bonds is 5. The van der Waals surface area contributed by atoms with Crippen LogP contribution >= 0.6 is 22.6 Å². The molecule has 0 saturated carbocycles. The predicted molar refractivity (Wildman–Crippen MR) is 62.3 cm³/mol. The smallest absolute Gasteiger partial charge is 0.303 e. The highest BCUT2D eigenvalue weighted by Gasteiger charge is 1.99. The minimum Gasteiger partial charge on any atom is -0.481 e. The Morgan fingerprint density at radius 2 is 2.43 bits per heavy atom. The van der Waals surface area contributed by atoms with Crippen molar-refractivity contribution in [2.24, 2.45) is 0 Å². The Labute approximate surface area is 95.9 Å². The van der Waals surface area contributed by atoms with Gasteiger partial charge in [0, 0.05) is 19.2 Å². The van der Waals surface area contributed by atoms with Crippen molar-refractivity contribution in [2.75, 3.05) is 11.9 Å². The van der Waals surface area contributed by atoms with Crippen LogP contribution in [0.3, 0.4) is 0 Å². The zero-order valence-corrected chi connectivity index (χ0v) is 9.69. The molecule has 0 aliphatic heterocycles. The van der Waals surface area contributed by atoms with Crippen LogP contribution in [0.15, 0.2) is 18.3 Å². The quantitative estimate of drug-likeness (QED) is 0.645. The Hall–Kier alpha value is -0.850. The molecule has 1 aromatic rings. The maximum absolute atomic E-state index is 10.2. The standard InChI is InChI=1S/C9H11IN2O2/c10-7-3-1-5-11-9(7)12-6-2-4-8(13)14/h1,3,5H,2,4,6H2,(H,11,12)(H,13,14). The minimum absolute atomic E-state index is 0.191. The summed E-state index contributed by atoms with van der Waals surface area (Å²) in [6.07, 6.45) is 2.51. The second kappa shape index (κ2) is 5.79. The average Bonchev–Trinajstić information content (AvgIpc) is 2.15. The number of pyridine rings is 1. The van der Waals surface area contributed by atoms with Crippen LogP contribution in [0.25, 0.3) is 0 Å². The fraction of sp³-hybridized carbons (Fsp3) is 0.333. The highest BCUT2D eigenvalue weighted by atomic mass is 127. The summed E-state index contributed by atoms with van der Waals surface area (Å²) in [6, 6.07) is 3.82. The molecule has 0 fully saturated rings. The van der Waals surface area contributed by atoms with Crippen LogP contribution in [0.4, 0.5) is 5.82 Å².